The Morgan fingerprint density at radius 3 is 2.27 bits per heavy atom. The number of amides is 3. The molecule has 0 bridgehead atoms. The average Bonchev–Trinajstić information content (AvgIpc) is 3.09. The predicted molar refractivity (Wildman–Crippen MR) is 113 cm³/mol. The molecule has 2 aromatic rings. The van der Waals surface area contributed by atoms with Crippen molar-refractivity contribution in [3.63, 3.8) is 0 Å². The van der Waals surface area contributed by atoms with E-state index in [2.05, 4.69) is 21.2 Å². The summed E-state index contributed by atoms with van der Waals surface area (Å²) < 4.78 is 10.0. The molecule has 0 atom stereocenters. The Morgan fingerprint density at radius 2 is 1.63 bits per heavy atom. The molecular formula is C20H26N4O5S. The number of carbonyl (C=O) groups is 3. The van der Waals surface area contributed by atoms with Gasteiger partial charge in [0.2, 0.25) is 5.91 Å². The van der Waals surface area contributed by atoms with Crippen LogP contribution < -0.4 is 16.2 Å². The number of benzene rings is 1. The second kappa shape index (κ2) is 10.6. The van der Waals surface area contributed by atoms with Gasteiger partial charge in [0.25, 0.3) is 0 Å². The molecule has 0 aliphatic heterocycles. The summed E-state index contributed by atoms with van der Waals surface area (Å²) in [5.74, 6) is -0.136. The normalized spacial score (nSPS) is 10.8. The van der Waals surface area contributed by atoms with E-state index in [0.717, 1.165) is 29.7 Å². The van der Waals surface area contributed by atoms with Gasteiger partial charge >= 0.3 is 12.2 Å². The van der Waals surface area contributed by atoms with Crippen LogP contribution in [0.15, 0.2) is 29.6 Å². The largest absolute Gasteiger partial charge is 0.443 e. The molecule has 0 saturated heterocycles. The first-order valence-corrected chi connectivity index (χ1v) is 10.2. The maximum Gasteiger partial charge on any atom is 0.426 e. The molecule has 0 aliphatic carbocycles. The van der Waals surface area contributed by atoms with Gasteiger partial charge in [-0.25, -0.2) is 25.4 Å². The zero-order valence-corrected chi connectivity index (χ0v) is 18.2. The summed E-state index contributed by atoms with van der Waals surface area (Å²) in [6.07, 6.45) is -0.00781. The van der Waals surface area contributed by atoms with Gasteiger partial charge in [-0.15, -0.1) is 11.3 Å². The summed E-state index contributed by atoms with van der Waals surface area (Å²) in [5, 5.41) is 5.20. The first-order chi connectivity index (χ1) is 14.1. The number of hydrazine groups is 1. The standard InChI is InChI=1S/C20H26N4O5S/c1-13(25)21-17-22-16(12-30-17)10-9-14-5-7-15(8-6-14)11-28-18(26)23-24-19(27)29-20(2,3)4/h5-8,12H,9-11H2,1-4H3,(H,23,26)(H,24,27)(H,21,22,25). The highest BCUT2D eigenvalue weighted by Crippen LogP contribution is 2.17. The van der Waals surface area contributed by atoms with Gasteiger partial charge in [0, 0.05) is 12.3 Å². The van der Waals surface area contributed by atoms with Gasteiger partial charge in [0.1, 0.15) is 12.2 Å². The van der Waals surface area contributed by atoms with Crippen molar-refractivity contribution in [2.24, 2.45) is 0 Å². The fourth-order valence-electron chi connectivity index (χ4n) is 2.29. The summed E-state index contributed by atoms with van der Waals surface area (Å²) in [6.45, 7) is 6.67. The number of anilines is 1. The van der Waals surface area contributed by atoms with Crippen LogP contribution in [0, 0.1) is 0 Å². The molecule has 0 radical (unpaired) electrons. The number of hydrogen-bond donors (Lipinski definition) is 3. The van der Waals surface area contributed by atoms with Crippen LogP contribution in [0.2, 0.25) is 0 Å². The highest BCUT2D eigenvalue weighted by Gasteiger charge is 2.16. The van der Waals surface area contributed by atoms with Gasteiger partial charge in [-0.1, -0.05) is 24.3 Å². The van der Waals surface area contributed by atoms with Gasteiger partial charge in [0.15, 0.2) is 5.13 Å². The molecule has 3 amide bonds. The molecule has 0 unspecified atom stereocenters. The SMILES string of the molecule is CC(=O)Nc1nc(CCc2ccc(COC(=O)NNC(=O)OC(C)(C)C)cc2)cs1. The zero-order valence-electron chi connectivity index (χ0n) is 17.4. The molecule has 9 nitrogen and oxygen atoms in total. The van der Waals surface area contributed by atoms with Crippen molar-refractivity contribution >= 4 is 34.6 Å². The quantitative estimate of drug-likeness (QED) is 0.598. The van der Waals surface area contributed by atoms with Gasteiger partial charge in [-0.2, -0.15) is 0 Å². The maximum atomic E-state index is 11.6. The van der Waals surface area contributed by atoms with Crippen LogP contribution in [0.4, 0.5) is 14.7 Å². The summed E-state index contributed by atoms with van der Waals surface area (Å²) >= 11 is 1.40. The minimum absolute atomic E-state index is 0.0638. The van der Waals surface area contributed by atoms with E-state index >= 15 is 0 Å². The number of ether oxygens (including phenoxy) is 2. The van der Waals surface area contributed by atoms with Crippen LogP contribution >= 0.6 is 11.3 Å². The third-order valence-electron chi connectivity index (χ3n) is 3.56. The van der Waals surface area contributed by atoms with Crippen LogP contribution in [-0.2, 0) is 33.7 Å². The van der Waals surface area contributed by atoms with Crippen molar-refractivity contribution in [3.8, 4) is 0 Å². The molecule has 2 rings (SSSR count). The summed E-state index contributed by atoms with van der Waals surface area (Å²) in [4.78, 5) is 38.5. The van der Waals surface area contributed by atoms with Crippen molar-refractivity contribution < 1.29 is 23.9 Å². The Bertz CT molecular complexity index is 874. The maximum absolute atomic E-state index is 11.6. The predicted octanol–water partition coefficient (Wildman–Crippen LogP) is 3.55. The van der Waals surface area contributed by atoms with E-state index in [4.69, 9.17) is 9.47 Å². The van der Waals surface area contributed by atoms with Gasteiger partial charge in [-0.05, 0) is 44.7 Å². The summed E-state index contributed by atoms with van der Waals surface area (Å²) in [6, 6.07) is 7.65. The molecule has 10 heteroatoms. The molecule has 0 saturated carbocycles. The van der Waals surface area contributed by atoms with E-state index < -0.39 is 17.8 Å². The van der Waals surface area contributed by atoms with E-state index in [-0.39, 0.29) is 12.5 Å². The molecule has 0 fully saturated rings. The number of rotatable bonds is 6. The van der Waals surface area contributed by atoms with Crippen LogP contribution in [0.3, 0.4) is 0 Å². The molecule has 162 valence electrons. The van der Waals surface area contributed by atoms with Crippen molar-refractivity contribution in [2.75, 3.05) is 5.32 Å². The van der Waals surface area contributed by atoms with E-state index in [1.54, 1.807) is 20.8 Å². The van der Waals surface area contributed by atoms with Crippen LogP contribution in [0.25, 0.3) is 0 Å². The van der Waals surface area contributed by atoms with Gasteiger partial charge in [-0.3, -0.25) is 4.79 Å². The number of hydrogen-bond acceptors (Lipinski definition) is 7. The lowest BCUT2D eigenvalue weighted by Gasteiger charge is -2.19. The monoisotopic (exact) mass is 434 g/mol. The van der Waals surface area contributed by atoms with E-state index in [1.165, 1.54) is 18.3 Å². The lowest BCUT2D eigenvalue weighted by molar-refractivity contribution is -0.114. The molecule has 1 heterocycles. The third kappa shape index (κ3) is 8.91. The van der Waals surface area contributed by atoms with Gasteiger partial charge in [0.05, 0.1) is 5.69 Å². The van der Waals surface area contributed by atoms with Crippen molar-refractivity contribution in [1.29, 1.82) is 0 Å². The molecule has 1 aromatic carbocycles. The number of thiazole rings is 1. The Labute approximate surface area is 179 Å². The highest BCUT2D eigenvalue weighted by atomic mass is 32.1. The number of aromatic nitrogens is 1. The third-order valence-corrected chi connectivity index (χ3v) is 4.37. The smallest absolute Gasteiger partial charge is 0.426 e. The fraction of sp³-hybridized carbons (Fsp3) is 0.400. The second-order valence-corrected chi connectivity index (χ2v) is 8.33. The van der Waals surface area contributed by atoms with E-state index in [1.807, 2.05) is 29.6 Å². The highest BCUT2D eigenvalue weighted by molar-refractivity contribution is 7.13. The Morgan fingerprint density at radius 1 is 1.00 bits per heavy atom. The first-order valence-electron chi connectivity index (χ1n) is 9.32. The zero-order chi connectivity index (χ0) is 22.1. The Hall–Kier alpha value is -3.14. The molecule has 0 aliphatic rings. The average molecular weight is 435 g/mol. The fourth-order valence-corrected chi connectivity index (χ4v) is 3.09. The number of aryl methyl sites for hydroxylation is 2. The van der Waals surface area contributed by atoms with Crippen LogP contribution in [0.1, 0.15) is 44.5 Å². The lowest BCUT2D eigenvalue weighted by Crippen LogP contribution is -2.44. The topological polar surface area (TPSA) is 119 Å². The van der Waals surface area contributed by atoms with Crippen molar-refractivity contribution in [3.05, 3.63) is 46.5 Å². The summed E-state index contributed by atoms with van der Waals surface area (Å²) in [7, 11) is 0. The first kappa shape index (κ1) is 23.1. The summed E-state index contributed by atoms with van der Waals surface area (Å²) in [5.41, 5.74) is 6.42. The Balaban J connectivity index is 1.71. The second-order valence-electron chi connectivity index (χ2n) is 7.47. The van der Waals surface area contributed by atoms with Crippen LogP contribution in [-0.4, -0.2) is 28.7 Å². The molecular weight excluding hydrogens is 408 g/mol. The molecule has 3 N–H and O–H groups in total. The van der Waals surface area contributed by atoms with Crippen molar-refractivity contribution in [1.82, 2.24) is 15.8 Å². The molecule has 0 spiro atoms. The van der Waals surface area contributed by atoms with E-state index in [9.17, 15) is 14.4 Å². The van der Waals surface area contributed by atoms with Crippen LogP contribution in [0.5, 0.6) is 0 Å². The van der Waals surface area contributed by atoms with Crippen molar-refractivity contribution in [2.45, 2.75) is 52.7 Å². The number of nitrogens with one attached hydrogen (secondary N) is 3. The minimum Gasteiger partial charge on any atom is -0.443 e. The molecule has 1 aromatic heterocycles. The minimum atomic E-state index is -0.788. The van der Waals surface area contributed by atoms with Gasteiger partial charge < -0.3 is 14.8 Å². The molecule has 30 heavy (non-hydrogen) atoms. The number of nitrogens with zero attached hydrogens (tertiary/aromatic N) is 1. The number of carbonyl (C=O) groups excluding carboxylic acids is 3. The lowest BCUT2D eigenvalue weighted by atomic mass is 10.1. The Kier molecular flexibility index (Phi) is 8.16. The van der Waals surface area contributed by atoms with E-state index in [0.29, 0.717) is 5.13 Å².